The molecule has 0 bridgehead atoms. The second-order valence-corrected chi connectivity index (χ2v) is 14.1. The Labute approximate surface area is 297 Å². The smallest absolute Gasteiger partial charge is 0.214 e. The Bertz CT molecular complexity index is 1920. The average Bonchev–Trinajstić information content (AvgIpc) is 3.14. The maximum Gasteiger partial charge on any atom is 0.214 e. The first-order valence-corrected chi connectivity index (χ1v) is 18.7. The van der Waals surface area contributed by atoms with Crippen LogP contribution in [0, 0.1) is 0 Å². The molecule has 8 nitrogen and oxygen atoms in total. The minimum absolute atomic E-state index is 0.824. The van der Waals surface area contributed by atoms with Crippen LogP contribution in [0.2, 0.25) is 0 Å². The first-order valence-electron chi connectivity index (χ1n) is 16.3. The fourth-order valence-corrected chi connectivity index (χ4v) is 7.29. The Hall–Kier alpha value is -4.77. The van der Waals surface area contributed by atoms with Crippen LogP contribution in [0.4, 0.5) is 39.8 Å². The predicted octanol–water partition coefficient (Wildman–Crippen LogP) is 9.47. The minimum Gasteiger partial charge on any atom is -0.374 e. The summed E-state index contributed by atoms with van der Waals surface area (Å²) in [5.41, 5.74) is 8.97. The molecule has 0 saturated heterocycles. The summed E-state index contributed by atoms with van der Waals surface area (Å²) in [6.45, 7) is 5.70. The number of rotatable bonds is 16. The highest BCUT2D eigenvalue weighted by atomic mass is 33.1. The van der Waals surface area contributed by atoms with Crippen molar-refractivity contribution in [3.63, 3.8) is 0 Å². The first kappa shape index (κ1) is 35.5. The van der Waals surface area contributed by atoms with Gasteiger partial charge in [-0.05, 0) is 78.9 Å². The quantitative estimate of drug-likeness (QED) is 0.0280. The lowest BCUT2D eigenvalue weighted by molar-refractivity contribution is -0.644. The van der Waals surface area contributed by atoms with Crippen LogP contribution >= 0.6 is 21.6 Å². The Balaban J connectivity index is 1.03. The number of aromatic nitrogens is 1. The average molecular weight is 689 g/mol. The molecule has 0 aliphatic heterocycles. The summed E-state index contributed by atoms with van der Waals surface area (Å²) < 4.78 is 2.09. The van der Waals surface area contributed by atoms with Gasteiger partial charge < -0.3 is 15.1 Å². The van der Waals surface area contributed by atoms with E-state index in [-0.39, 0.29) is 0 Å². The molecule has 0 spiro atoms. The van der Waals surface area contributed by atoms with Gasteiger partial charge in [0.05, 0.1) is 40.7 Å². The molecule has 0 aliphatic carbocycles. The van der Waals surface area contributed by atoms with Gasteiger partial charge in [-0.3, -0.25) is 0 Å². The van der Waals surface area contributed by atoms with Gasteiger partial charge in [-0.25, -0.2) is 4.57 Å². The monoisotopic (exact) mass is 688 g/mol. The molecule has 0 fully saturated rings. The van der Waals surface area contributed by atoms with Crippen LogP contribution in [0.1, 0.15) is 5.56 Å². The van der Waals surface area contributed by atoms with E-state index >= 15 is 0 Å². The third-order valence-electron chi connectivity index (χ3n) is 8.07. The van der Waals surface area contributed by atoms with Gasteiger partial charge in [0.25, 0.3) is 0 Å². The van der Waals surface area contributed by atoms with E-state index in [0.717, 1.165) is 75.2 Å². The highest BCUT2D eigenvalue weighted by Gasteiger charge is 2.09. The molecule has 5 rings (SSSR count). The molecule has 250 valence electrons. The highest BCUT2D eigenvalue weighted by molar-refractivity contribution is 8.76. The summed E-state index contributed by atoms with van der Waals surface area (Å²) in [5.74, 6) is 2.07. The number of allylic oxidation sites excluding steroid dienone is 2. The summed E-state index contributed by atoms with van der Waals surface area (Å²) in [6, 6.07) is 32.8. The summed E-state index contributed by atoms with van der Waals surface area (Å²) >= 11 is 0. The molecule has 49 heavy (non-hydrogen) atoms. The lowest BCUT2D eigenvalue weighted by Crippen LogP contribution is -2.73. The minimum atomic E-state index is 0.824. The van der Waals surface area contributed by atoms with Crippen molar-refractivity contribution >= 4 is 78.4 Å². The third-order valence-corrected chi connectivity index (χ3v) is 10.4. The standard InChI is InChI=1S/C39H43N8S2/c1-6-7-11-34-36(40-2)13-8-14-37(34)43-41-30-17-21-32(22-18-30)45(3)26-28-48-49-29-27-46(4)33-23-19-31(20-24-33)42-44-38-15-9-16-39-35(38)12-10-25-47(39)5/h6-25,40H,1,26-29H2,2-5H3/q+1/p+1/b11-7-,43-41?. The number of hydrogen-bond acceptors (Lipinski definition) is 8. The largest absolute Gasteiger partial charge is 0.374 e. The number of pyridine rings is 1. The predicted molar refractivity (Wildman–Crippen MR) is 211 cm³/mol. The van der Waals surface area contributed by atoms with E-state index < -0.39 is 0 Å². The Morgan fingerprint density at radius 3 is 1.88 bits per heavy atom. The molecule has 4 aromatic carbocycles. The number of nitrogens with zero attached hydrogens (tertiary/aromatic N) is 7. The number of quaternary nitrogens is 1. The van der Waals surface area contributed by atoms with Gasteiger partial charge in [-0.1, -0.05) is 52.5 Å². The Morgan fingerprint density at radius 2 is 1.29 bits per heavy atom. The molecule has 1 heterocycles. The van der Waals surface area contributed by atoms with Crippen molar-refractivity contribution < 1.29 is 9.88 Å². The van der Waals surface area contributed by atoms with E-state index in [4.69, 9.17) is 0 Å². The zero-order valence-corrected chi connectivity index (χ0v) is 30.2. The molecule has 0 atom stereocenters. The van der Waals surface area contributed by atoms with Crippen molar-refractivity contribution in [3.05, 3.63) is 128 Å². The van der Waals surface area contributed by atoms with Crippen LogP contribution in [-0.4, -0.2) is 45.7 Å². The van der Waals surface area contributed by atoms with Crippen molar-refractivity contribution in [2.75, 3.05) is 55.5 Å². The normalized spacial score (nSPS) is 11.7. The van der Waals surface area contributed by atoms with Crippen molar-refractivity contribution in [1.82, 2.24) is 0 Å². The number of fused-ring (bicyclic) bond motifs is 1. The first-order chi connectivity index (χ1) is 24.0. The van der Waals surface area contributed by atoms with E-state index in [1.807, 2.05) is 109 Å². The number of nitrogens with two attached hydrogens (primary N) is 1. The molecule has 0 radical (unpaired) electrons. The summed E-state index contributed by atoms with van der Waals surface area (Å²) in [5, 5.41) is 21.2. The van der Waals surface area contributed by atoms with Gasteiger partial charge in [0, 0.05) is 62.2 Å². The van der Waals surface area contributed by atoms with Crippen LogP contribution in [0.25, 0.3) is 17.0 Å². The SMILES string of the molecule is C=C/C=C\c1c(N=Nc2ccc(N(C)CCSSCCN(C)c3ccc(N=Nc4cccc5c4ccc[n+]5C)cc3)cc2)cccc1[NH2+]C. The topological polar surface area (TPSA) is 76.4 Å². The summed E-state index contributed by atoms with van der Waals surface area (Å²) in [4.78, 5) is 4.56. The maximum absolute atomic E-state index is 4.54. The molecule has 0 unspecified atom stereocenters. The Kier molecular flexibility index (Phi) is 13.1. The van der Waals surface area contributed by atoms with E-state index in [1.165, 1.54) is 5.69 Å². The number of azo groups is 2. The molecular weight excluding hydrogens is 645 g/mol. The van der Waals surface area contributed by atoms with E-state index in [2.05, 4.69) is 103 Å². The number of hydrogen-bond donors (Lipinski definition) is 1. The van der Waals surface area contributed by atoms with E-state index in [1.54, 1.807) is 6.08 Å². The third kappa shape index (κ3) is 9.88. The fraction of sp³-hybridized carbons (Fsp3) is 0.205. The maximum atomic E-state index is 4.54. The Morgan fingerprint density at radius 1 is 0.714 bits per heavy atom. The van der Waals surface area contributed by atoms with Crippen molar-refractivity contribution in [2.45, 2.75) is 0 Å². The van der Waals surface area contributed by atoms with Gasteiger partial charge in [0.15, 0.2) is 6.20 Å². The van der Waals surface area contributed by atoms with Crippen molar-refractivity contribution in [3.8, 4) is 0 Å². The van der Waals surface area contributed by atoms with Crippen molar-refractivity contribution in [2.24, 2.45) is 27.5 Å². The van der Waals surface area contributed by atoms with Crippen LogP contribution in [0.5, 0.6) is 0 Å². The second-order valence-electron chi connectivity index (χ2n) is 11.4. The van der Waals surface area contributed by atoms with Crippen LogP contribution in [-0.2, 0) is 7.05 Å². The molecule has 0 amide bonds. The van der Waals surface area contributed by atoms with Crippen LogP contribution < -0.4 is 19.7 Å². The van der Waals surface area contributed by atoms with Crippen LogP contribution in [0.15, 0.2) is 142 Å². The van der Waals surface area contributed by atoms with Crippen molar-refractivity contribution in [1.29, 1.82) is 0 Å². The van der Waals surface area contributed by atoms with E-state index in [0.29, 0.717) is 0 Å². The van der Waals surface area contributed by atoms with Gasteiger partial charge in [-0.2, -0.15) is 10.2 Å². The number of anilines is 2. The molecule has 0 aliphatic rings. The molecule has 10 heteroatoms. The van der Waals surface area contributed by atoms with Gasteiger partial charge in [0.1, 0.15) is 12.7 Å². The molecule has 0 saturated carbocycles. The molecule has 2 N–H and O–H groups in total. The molecular formula is C39H44N8S2+2. The van der Waals surface area contributed by atoms with Gasteiger partial charge in [0.2, 0.25) is 5.52 Å². The van der Waals surface area contributed by atoms with Gasteiger partial charge >= 0.3 is 0 Å². The van der Waals surface area contributed by atoms with E-state index in [9.17, 15) is 0 Å². The summed E-state index contributed by atoms with van der Waals surface area (Å²) in [6.07, 6.45) is 7.75. The lowest BCUT2D eigenvalue weighted by atomic mass is 10.1. The fourth-order valence-electron chi connectivity index (χ4n) is 5.21. The number of benzene rings is 4. The summed E-state index contributed by atoms with van der Waals surface area (Å²) in [7, 11) is 12.2. The molecule has 5 aromatic rings. The highest BCUT2D eigenvalue weighted by Crippen LogP contribution is 2.30. The molecule has 1 aromatic heterocycles. The van der Waals surface area contributed by atoms with Crippen LogP contribution in [0.3, 0.4) is 0 Å². The van der Waals surface area contributed by atoms with Gasteiger partial charge in [-0.15, -0.1) is 10.2 Å². The lowest BCUT2D eigenvalue weighted by Gasteiger charge is -2.20. The second kappa shape index (κ2) is 18.1. The zero-order chi connectivity index (χ0) is 34.4. The zero-order valence-electron chi connectivity index (χ0n) is 28.6. The number of aryl methyl sites for hydroxylation is 1.